The molecule has 0 bridgehead atoms. The van der Waals surface area contributed by atoms with E-state index in [0.29, 0.717) is 12.4 Å². The molecule has 0 fully saturated rings. The van der Waals surface area contributed by atoms with Gasteiger partial charge in [0, 0.05) is 24.5 Å². The summed E-state index contributed by atoms with van der Waals surface area (Å²) >= 11 is 0. The molecule has 0 unspecified atom stereocenters. The van der Waals surface area contributed by atoms with Gasteiger partial charge in [0.15, 0.2) is 5.82 Å². The fourth-order valence-electron chi connectivity index (χ4n) is 4.02. The number of nitrogens with zero attached hydrogens (tertiary/aromatic N) is 5. The minimum Gasteiger partial charge on any atom is -0.362 e. The minimum atomic E-state index is 0.621. The van der Waals surface area contributed by atoms with Gasteiger partial charge in [-0.3, -0.25) is 4.98 Å². The highest BCUT2D eigenvalue weighted by atomic mass is 15.1. The van der Waals surface area contributed by atoms with E-state index in [9.17, 15) is 0 Å². The smallest absolute Gasteiger partial charge is 0.180 e. The van der Waals surface area contributed by atoms with Gasteiger partial charge in [0.2, 0.25) is 0 Å². The Morgan fingerprint density at radius 3 is 2.79 bits per heavy atom. The van der Waals surface area contributed by atoms with Crippen molar-refractivity contribution in [3.8, 4) is 11.5 Å². The maximum Gasteiger partial charge on any atom is 0.180 e. The summed E-state index contributed by atoms with van der Waals surface area (Å²) in [5.41, 5.74) is 6.62. The zero-order chi connectivity index (χ0) is 19.1. The molecule has 1 aliphatic carbocycles. The highest BCUT2D eigenvalue weighted by molar-refractivity contribution is 5.79. The molecule has 0 saturated carbocycles. The van der Waals surface area contributed by atoms with Crippen LogP contribution in [0.3, 0.4) is 0 Å². The molecule has 0 amide bonds. The van der Waals surface area contributed by atoms with Gasteiger partial charge in [0.25, 0.3) is 0 Å². The topological polar surface area (TPSA) is 68.5 Å². The lowest BCUT2D eigenvalue weighted by atomic mass is 10.2. The molecule has 0 radical (unpaired) electrons. The van der Waals surface area contributed by atoms with Crippen molar-refractivity contribution in [3.63, 3.8) is 0 Å². The lowest BCUT2D eigenvalue weighted by Crippen LogP contribution is -2.10. The van der Waals surface area contributed by atoms with Gasteiger partial charge in [0.05, 0.1) is 17.6 Å². The lowest BCUT2D eigenvalue weighted by molar-refractivity contribution is 0.828. The summed E-state index contributed by atoms with van der Waals surface area (Å²) in [6, 6.07) is 12.1. The number of imidazole rings is 1. The molecule has 5 rings (SSSR count). The number of nitrogens with one attached hydrogen (secondary N) is 1. The molecule has 0 saturated heterocycles. The Balaban J connectivity index is 1.50. The van der Waals surface area contributed by atoms with Crippen molar-refractivity contribution in [1.29, 1.82) is 0 Å². The van der Waals surface area contributed by atoms with E-state index in [1.807, 2.05) is 18.2 Å². The summed E-state index contributed by atoms with van der Waals surface area (Å²) in [7, 11) is 2.07. The quantitative estimate of drug-likeness (QED) is 0.591. The molecule has 0 aliphatic heterocycles. The summed E-state index contributed by atoms with van der Waals surface area (Å²) in [6.45, 7) is 2.74. The molecule has 1 aliphatic rings. The van der Waals surface area contributed by atoms with Gasteiger partial charge < -0.3 is 9.88 Å². The molecule has 140 valence electrons. The molecule has 3 aromatic heterocycles. The summed E-state index contributed by atoms with van der Waals surface area (Å²) in [4.78, 5) is 18.8. The van der Waals surface area contributed by atoms with Crippen molar-refractivity contribution < 1.29 is 0 Å². The summed E-state index contributed by atoms with van der Waals surface area (Å²) < 4.78 is 2.17. The number of aryl methyl sites for hydroxylation is 3. The van der Waals surface area contributed by atoms with Crippen molar-refractivity contribution in [2.24, 2.45) is 7.05 Å². The Morgan fingerprint density at radius 1 is 1.04 bits per heavy atom. The number of hydrogen-bond donors (Lipinski definition) is 1. The third kappa shape index (κ3) is 2.81. The second kappa shape index (κ2) is 6.71. The number of hydrogen-bond acceptors (Lipinski definition) is 5. The van der Waals surface area contributed by atoms with Crippen LogP contribution in [0, 0.1) is 6.92 Å². The van der Waals surface area contributed by atoms with Crippen LogP contribution in [0.25, 0.3) is 22.6 Å². The standard InChI is InChI=1S/C22H22N6/c1-14-7-5-11-17-20(14)28(2)19(25-17)13-24-21-15-8-6-10-16(15)26-22(27-21)18-9-3-4-12-23-18/h3-5,7,9,11-12H,6,8,10,13H2,1-2H3,(H,24,26,27). The van der Waals surface area contributed by atoms with Crippen molar-refractivity contribution in [1.82, 2.24) is 24.5 Å². The van der Waals surface area contributed by atoms with Crippen LogP contribution in [0.2, 0.25) is 0 Å². The Kier molecular flexibility index (Phi) is 4.04. The first-order chi connectivity index (χ1) is 13.7. The van der Waals surface area contributed by atoms with Gasteiger partial charge >= 0.3 is 0 Å². The Bertz CT molecular complexity index is 1160. The van der Waals surface area contributed by atoms with Gasteiger partial charge in [-0.25, -0.2) is 15.0 Å². The zero-order valence-electron chi connectivity index (χ0n) is 16.1. The van der Waals surface area contributed by atoms with Crippen LogP contribution in [-0.4, -0.2) is 24.5 Å². The van der Waals surface area contributed by atoms with E-state index in [2.05, 4.69) is 47.0 Å². The van der Waals surface area contributed by atoms with Crippen LogP contribution in [0.5, 0.6) is 0 Å². The van der Waals surface area contributed by atoms with E-state index in [1.165, 1.54) is 16.6 Å². The second-order valence-corrected chi connectivity index (χ2v) is 7.27. The molecular formula is C22H22N6. The molecule has 6 nitrogen and oxygen atoms in total. The van der Waals surface area contributed by atoms with E-state index in [1.54, 1.807) is 6.20 Å². The van der Waals surface area contributed by atoms with Crippen LogP contribution in [0.4, 0.5) is 5.82 Å². The molecule has 6 heteroatoms. The van der Waals surface area contributed by atoms with E-state index in [-0.39, 0.29) is 0 Å². The molecule has 0 spiro atoms. The van der Waals surface area contributed by atoms with Gasteiger partial charge in [-0.1, -0.05) is 18.2 Å². The van der Waals surface area contributed by atoms with E-state index >= 15 is 0 Å². The van der Waals surface area contributed by atoms with Crippen molar-refractivity contribution in [2.75, 3.05) is 5.32 Å². The average molecular weight is 370 g/mol. The number of rotatable bonds is 4. The number of pyridine rings is 1. The maximum absolute atomic E-state index is 4.81. The largest absolute Gasteiger partial charge is 0.362 e. The van der Waals surface area contributed by atoms with Gasteiger partial charge in [-0.2, -0.15) is 0 Å². The number of aromatic nitrogens is 5. The second-order valence-electron chi connectivity index (χ2n) is 7.27. The Hall–Kier alpha value is -3.28. The third-order valence-corrected chi connectivity index (χ3v) is 5.43. The fourth-order valence-corrected chi connectivity index (χ4v) is 4.02. The zero-order valence-corrected chi connectivity index (χ0v) is 16.1. The van der Waals surface area contributed by atoms with E-state index in [4.69, 9.17) is 15.0 Å². The van der Waals surface area contributed by atoms with Gasteiger partial charge in [0.1, 0.15) is 17.3 Å². The predicted octanol–water partition coefficient (Wildman–Crippen LogP) is 3.83. The van der Waals surface area contributed by atoms with Crippen molar-refractivity contribution >= 4 is 16.9 Å². The maximum atomic E-state index is 4.81. The predicted molar refractivity (Wildman–Crippen MR) is 110 cm³/mol. The monoisotopic (exact) mass is 370 g/mol. The number of fused-ring (bicyclic) bond motifs is 2. The first-order valence-corrected chi connectivity index (χ1v) is 9.66. The molecule has 28 heavy (non-hydrogen) atoms. The Labute approximate surface area is 163 Å². The van der Waals surface area contributed by atoms with Crippen molar-refractivity contribution in [2.45, 2.75) is 32.7 Å². The Morgan fingerprint density at radius 2 is 1.96 bits per heavy atom. The lowest BCUT2D eigenvalue weighted by Gasteiger charge is -2.12. The van der Waals surface area contributed by atoms with Gasteiger partial charge in [-0.15, -0.1) is 0 Å². The number of para-hydroxylation sites is 1. The molecule has 1 aromatic carbocycles. The molecule has 0 atom stereocenters. The SMILES string of the molecule is Cc1cccc2nc(CNc3nc(-c4ccccn4)nc4c3CCC4)n(C)c12. The number of anilines is 1. The summed E-state index contributed by atoms with van der Waals surface area (Å²) in [5.74, 6) is 2.59. The first-order valence-electron chi connectivity index (χ1n) is 9.66. The third-order valence-electron chi connectivity index (χ3n) is 5.43. The van der Waals surface area contributed by atoms with E-state index in [0.717, 1.165) is 47.8 Å². The van der Waals surface area contributed by atoms with Crippen LogP contribution in [0.15, 0.2) is 42.6 Å². The molecule has 4 aromatic rings. The van der Waals surface area contributed by atoms with Gasteiger partial charge in [-0.05, 0) is 49.9 Å². The number of benzene rings is 1. The summed E-state index contributed by atoms with van der Waals surface area (Å²) in [5, 5.41) is 3.53. The van der Waals surface area contributed by atoms with Crippen LogP contribution >= 0.6 is 0 Å². The van der Waals surface area contributed by atoms with Crippen molar-refractivity contribution in [3.05, 3.63) is 65.2 Å². The van der Waals surface area contributed by atoms with Crippen LogP contribution in [0.1, 0.15) is 29.1 Å². The molecular weight excluding hydrogens is 348 g/mol. The van der Waals surface area contributed by atoms with E-state index < -0.39 is 0 Å². The first kappa shape index (κ1) is 16.9. The van der Waals surface area contributed by atoms with Crippen LogP contribution in [-0.2, 0) is 26.4 Å². The summed E-state index contributed by atoms with van der Waals surface area (Å²) in [6.07, 6.45) is 4.91. The average Bonchev–Trinajstić information content (AvgIpc) is 3.32. The minimum absolute atomic E-state index is 0.621. The van der Waals surface area contributed by atoms with Crippen LogP contribution < -0.4 is 5.32 Å². The normalized spacial score (nSPS) is 13.1. The molecule has 3 heterocycles. The fraction of sp³-hybridized carbons (Fsp3) is 0.273. The highest BCUT2D eigenvalue weighted by Crippen LogP contribution is 2.29. The molecule has 1 N–H and O–H groups in total. The highest BCUT2D eigenvalue weighted by Gasteiger charge is 2.20.